The standard InChI is InChI=1S/C17H20BrN3O3/c1-21-9-13(8-20-21)16-12(2-3-22-16)7-19-6-11-4-14(18)17-15(5-11)23-10-24-17/h4-5,8-9,12,16,19H,2-3,6-7,10H2,1H3/t12-,16+/m0/s1. The van der Waals surface area contributed by atoms with E-state index in [0.29, 0.717) is 5.92 Å². The molecule has 0 spiro atoms. The molecule has 1 aromatic heterocycles. The molecule has 4 rings (SSSR count). The van der Waals surface area contributed by atoms with Gasteiger partial charge in [-0.2, -0.15) is 5.10 Å². The van der Waals surface area contributed by atoms with Crippen LogP contribution < -0.4 is 14.8 Å². The first-order chi connectivity index (χ1) is 11.7. The summed E-state index contributed by atoms with van der Waals surface area (Å²) in [7, 11) is 1.93. The van der Waals surface area contributed by atoms with Gasteiger partial charge in [0.2, 0.25) is 6.79 Å². The molecule has 1 fully saturated rings. The van der Waals surface area contributed by atoms with Crippen LogP contribution in [0.3, 0.4) is 0 Å². The van der Waals surface area contributed by atoms with Crippen LogP contribution in [0.2, 0.25) is 0 Å². The molecule has 0 aliphatic carbocycles. The number of hydrogen-bond acceptors (Lipinski definition) is 5. The van der Waals surface area contributed by atoms with Gasteiger partial charge in [-0.1, -0.05) is 0 Å². The monoisotopic (exact) mass is 393 g/mol. The molecular formula is C17H20BrN3O3. The van der Waals surface area contributed by atoms with Crippen molar-refractivity contribution in [1.29, 1.82) is 0 Å². The van der Waals surface area contributed by atoms with Crippen molar-refractivity contribution in [3.8, 4) is 11.5 Å². The van der Waals surface area contributed by atoms with E-state index >= 15 is 0 Å². The van der Waals surface area contributed by atoms with Crippen molar-refractivity contribution in [3.63, 3.8) is 0 Å². The zero-order valence-electron chi connectivity index (χ0n) is 13.5. The number of nitrogens with zero attached hydrogens (tertiary/aromatic N) is 2. The lowest BCUT2D eigenvalue weighted by Gasteiger charge is -2.18. The lowest BCUT2D eigenvalue weighted by atomic mass is 9.97. The highest BCUT2D eigenvalue weighted by Gasteiger charge is 2.30. The van der Waals surface area contributed by atoms with Gasteiger partial charge in [0.15, 0.2) is 11.5 Å². The van der Waals surface area contributed by atoms with Crippen molar-refractivity contribution >= 4 is 15.9 Å². The van der Waals surface area contributed by atoms with E-state index in [1.807, 2.05) is 30.2 Å². The summed E-state index contributed by atoms with van der Waals surface area (Å²) < 4.78 is 19.6. The number of hydrogen-bond donors (Lipinski definition) is 1. The summed E-state index contributed by atoms with van der Waals surface area (Å²) in [6.07, 6.45) is 5.14. The first kappa shape index (κ1) is 15.9. The van der Waals surface area contributed by atoms with E-state index in [4.69, 9.17) is 14.2 Å². The van der Waals surface area contributed by atoms with Gasteiger partial charge in [0.25, 0.3) is 0 Å². The number of ether oxygens (including phenoxy) is 3. The van der Waals surface area contributed by atoms with E-state index < -0.39 is 0 Å². The smallest absolute Gasteiger partial charge is 0.231 e. The Morgan fingerprint density at radius 3 is 3.12 bits per heavy atom. The predicted molar refractivity (Wildman–Crippen MR) is 92.0 cm³/mol. The maximum absolute atomic E-state index is 5.91. The molecule has 2 aliphatic rings. The Morgan fingerprint density at radius 2 is 2.29 bits per heavy atom. The van der Waals surface area contributed by atoms with Crippen LogP contribution in [0, 0.1) is 5.92 Å². The molecule has 3 heterocycles. The first-order valence-corrected chi connectivity index (χ1v) is 8.89. The summed E-state index contributed by atoms with van der Waals surface area (Å²) in [4.78, 5) is 0. The third kappa shape index (κ3) is 3.16. The Morgan fingerprint density at radius 1 is 1.38 bits per heavy atom. The lowest BCUT2D eigenvalue weighted by Crippen LogP contribution is -2.24. The van der Waals surface area contributed by atoms with Crippen molar-refractivity contribution < 1.29 is 14.2 Å². The fourth-order valence-corrected chi connectivity index (χ4v) is 3.93. The molecule has 0 saturated carbocycles. The molecule has 1 saturated heterocycles. The Hall–Kier alpha value is -1.57. The van der Waals surface area contributed by atoms with Crippen molar-refractivity contribution in [1.82, 2.24) is 15.1 Å². The highest BCUT2D eigenvalue weighted by atomic mass is 79.9. The van der Waals surface area contributed by atoms with E-state index in [1.54, 1.807) is 0 Å². The fraction of sp³-hybridized carbons (Fsp3) is 0.471. The predicted octanol–water partition coefficient (Wildman–Crippen LogP) is 2.78. The topological polar surface area (TPSA) is 57.5 Å². The number of halogens is 1. The van der Waals surface area contributed by atoms with Crippen molar-refractivity contribution in [2.45, 2.75) is 19.1 Å². The average molecular weight is 394 g/mol. The van der Waals surface area contributed by atoms with Gasteiger partial charge in [-0.3, -0.25) is 4.68 Å². The molecule has 1 N–H and O–H groups in total. The van der Waals surface area contributed by atoms with Gasteiger partial charge in [0.1, 0.15) is 0 Å². The quantitative estimate of drug-likeness (QED) is 0.846. The molecule has 0 unspecified atom stereocenters. The maximum atomic E-state index is 5.91. The molecular weight excluding hydrogens is 374 g/mol. The Bertz CT molecular complexity index is 734. The second-order valence-electron chi connectivity index (χ2n) is 6.23. The van der Waals surface area contributed by atoms with Crippen LogP contribution in [0.15, 0.2) is 29.0 Å². The van der Waals surface area contributed by atoms with Crippen LogP contribution in [0.4, 0.5) is 0 Å². The van der Waals surface area contributed by atoms with Gasteiger partial charge >= 0.3 is 0 Å². The lowest BCUT2D eigenvalue weighted by molar-refractivity contribution is 0.0904. The van der Waals surface area contributed by atoms with E-state index in [-0.39, 0.29) is 12.9 Å². The highest BCUT2D eigenvalue weighted by molar-refractivity contribution is 9.10. The van der Waals surface area contributed by atoms with Crippen molar-refractivity contribution in [3.05, 3.63) is 40.1 Å². The zero-order valence-corrected chi connectivity index (χ0v) is 15.1. The fourth-order valence-electron chi connectivity index (χ4n) is 3.32. The summed E-state index contributed by atoms with van der Waals surface area (Å²) in [5.74, 6) is 2.06. The normalized spacial score (nSPS) is 22.2. The SMILES string of the molecule is Cn1cc([C@@H]2OCC[C@H]2CNCc2cc(Br)c3c(c2)OCO3)cn1. The minimum Gasteiger partial charge on any atom is -0.454 e. The Balaban J connectivity index is 1.36. The second-order valence-corrected chi connectivity index (χ2v) is 7.08. The summed E-state index contributed by atoms with van der Waals surface area (Å²) in [5, 5.41) is 7.80. The maximum Gasteiger partial charge on any atom is 0.231 e. The molecule has 7 heteroatoms. The largest absolute Gasteiger partial charge is 0.454 e. The Kier molecular flexibility index (Phi) is 4.47. The van der Waals surface area contributed by atoms with Crippen LogP contribution in [0.25, 0.3) is 0 Å². The van der Waals surface area contributed by atoms with Crippen LogP contribution in [-0.4, -0.2) is 29.7 Å². The van der Waals surface area contributed by atoms with Gasteiger partial charge < -0.3 is 19.5 Å². The number of aryl methyl sites for hydroxylation is 1. The van der Waals surface area contributed by atoms with Crippen LogP contribution in [0.5, 0.6) is 11.5 Å². The number of rotatable bonds is 5. The van der Waals surface area contributed by atoms with Crippen molar-refractivity contribution in [2.75, 3.05) is 19.9 Å². The second kappa shape index (κ2) is 6.74. The minimum atomic E-state index is 0.134. The highest BCUT2D eigenvalue weighted by Crippen LogP contribution is 2.40. The number of aromatic nitrogens is 2. The van der Waals surface area contributed by atoms with Gasteiger partial charge in [-0.05, 0) is 40.0 Å². The molecule has 24 heavy (non-hydrogen) atoms. The van der Waals surface area contributed by atoms with Crippen LogP contribution >= 0.6 is 15.9 Å². The molecule has 2 atom stereocenters. The van der Waals surface area contributed by atoms with Gasteiger partial charge in [0.05, 0.1) is 16.8 Å². The minimum absolute atomic E-state index is 0.134. The summed E-state index contributed by atoms with van der Waals surface area (Å²) in [5.41, 5.74) is 2.33. The van der Waals surface area contributed by atoms with Crippen LogP contribution in [0.1, 0.15) is 23.7 Å². The van der Waals surface area contributed by atoms with Crippen LogP contribution in [-0.2, 0) is 18.3 Å². The van der Waals surface area contributed by atoms with Gasteiger partial charge in [-0.15, -0.1) is 0 Å². The van der Waals surface area contributed by atoms with Gasteiger partial charge in [0, 0.05) is 44.4 Å². The molecule has 2 aromatic rings. The summed E-state index contributed by atoms with van der Waals surface area (Å²) >= 11 is 3.54. The van der Waals surface area contributed by atoms with E-state index in [1.165, 1.54) is 5.56 Å². The van der Waals surface area contributed by atoms with Gasteiger partial charge in [-0.25, -0.2) is 0 Å². The Labute approximate surface area is 149 Å². The molecule has 2 aliphatic heterocycles. The van der Waals surface area contributed by atoms with Crippen molar-refractivity contribution in [2.24, 2.45) is 13.0 Å². The van der Waals surface area contributed by atoms with E-state index in [0.717, 1.165) is 47.7 Å². The summed E-state index contributed by atoms with van der Waals surface area (Å²) in [6.45, 7) is 2.79. The first-order valence-electron chi connectivity index (χ1n) is 8.09. The zero-order chi connectivity index (χ0) is 16.5. The molecule has 0 bridgehead atoms. The number of benzene rings is 1. The third-order valence-corrected chi connectivity index (χ3v) is 5.08. The third-order valence-electron chi connectivity index (χ3n) is 4.49. The molecule has 0 amide bonds. The number of fused-ring (bicyclic) bond motifs is 1. The molecule has 6 nitrogen and oxygen atoms in total. The van der Waals surface area contributed by atoms with E-state index in [2.05, 4.69) is 32.4 Å². The number of nitrogens with one attached hydrogen (secondary N) is 1. The molecule has 128 valence electrons. The molecule has 1 aromatic carbocycles. The summed E-state index contributed by atoms with van der Waals surface area (Å²) in [6, 6.07) is 4.11. The molecule has 0 radical (unpaired) electrons. The van der Waals surface area contributed by atoms with E-state index in [9.17, 15) is 0 Å². The average Bonchev–Trinajstić information content (AvgIpc) is 3.27.